The predicted molar refractivity (Wildman–Crippen MR) is 91.7 cm³/mol. The topological polar surface area (TPSA) is 81.5 Å². The van der Waals surface area contributed by atoms with Gasteiger partial charge in [0.2, 0.25) is 10.0 Å². The van der Waals surface area contributed by atoms with E-state index in [1.165, 1.54) is 28.5 Å². The molecule has 134 valence electrons. The Morgan fingerprint density at radius 1 is 1.20 bits per heavy atom. The highest BCUT2D eigenvalue weighted by Gasteiger charge is 2.37. The molecule has 0 N–H and O–H groups in total. The first kappa shape index (κ1) is 17.6. The minimum absolute atomic E-state index is 0.0761. The maximum atomic E-state index is 13.1. The molecule has 0 spiro atoms. The maximum absolute atomic E-state index is 13.1. The third kappa shape index (κ3) is 3.59. The molecular formula is C17H21N3O4S. The van der Waals surface area contributed by atoms with Crippen molar-refractivity contribution in [1.29, 1.82) is 0 Å². The van der Waals surface area contributed by atoms with Crippen LogP contribution in [0.25, 0.3) is 5.69 Å². The average Bonchev–Trinajstić information content (AvgIpc) is 3.00. The molecule has 7 nitrogen and oxygen atoms in total. The van der Waals surface area contributed by atoms with E-state index in [2.05, 4.69) is 5.10 Å². The number of para-hydroxylation sites is 1. The molecule has 0 aliphatic carbocycles. The van der Waals surface area contributed by atoms with E-state index in [-0.39, 0.29) is 4.90 Å². The number of benzene rings is 1. The molecular weight excluding hydrogens is 342 g/mol. The molecule has 1 fully saturated rings. The Bertz CT molecular complexity index is 833. The van der Waals surface area contributed by atoms with E-state index in [0.717, 1.165) is 24.9 Å². The highest BCUT2D eigenvalue weighted by atomic mass is 32.2. The number of methoxy groups -OCH3 is 1. The Morgan fingerprint density at radius 2 is 1.96 bits per heavy atom. The van der Waals surface area contributed by atoms with Gasteiger partial charge >= 0.3 is 5.97 Å². The fourth-order valence-corrected chi connectivity index (χ4v) is 4.62. The molecule has 1 aliphatic rings. The van der Waals surface area contributed by atoms with Crippen molar-refractivity contribution in [2.75, 3.05) is 13.7 Å². The van der Waals surface area contributed by atoms with Gasteiger partial charge in [0, 0.05) is 6.54 Å². The van der Waals surface area contributed by atoms with Crippen molar-refractivity contribution in [3.63, 3.8) is 0 Å². The van der Waals surface area contributed by atoms with Crippen LogP contribution >= 0.6 is 0 Å². The molecule has 1 unspecified atom stereocenters. The molecule has 1 aromatic carbocycles. The van der Waals surface area contributed by atoms with E-state index in [1.807, 2.05) is 30.3 Å². The molecule has 8 heteroatoms. The van der Waals surface area contributed by atoms with Crippen molar-refractivity contribution in [2.24, 2.45) is 0 Å². The molecule has 25 heavy (non-hydrogen) atoms. The number of hydrogen-bond donors (Lipinski definition) is 0. The van der Waals surface area contributed by atoms with Crippen LogP contribution in [0.1, 0.15) is 25.7 Å². The molecule has 1 saturated heterocycles. The van der Waals surface area contributed by atoms with Crippen LogP contribution in [0.5, 0.6) is 0 Å². The normalized spacial score (nSPS) is 19.3. The number of esters is 1. The summed E-state index contributed by atoms with van der Waals surface area (Å²) in [5, 5.41) is 4.16. The van der Waals surface area contributed by atoms with Gasteiger partial charge in [-0.15, -0.1) is 0 Å². The second-order valence-electron chi connectivity index (χ2n) is 5.96. The average molecular weight is 363 g/mol. The van der Waals surface area contributed by atoms with E-state index in [4.69, 9.17) is 4.74 Å². The molecule has 0 bridgehead atoms. The van der Waals surface area contributed by atoms with Crippen LogP contribution in [0.4, 0.5) is 0 Å². The predicted octanol–water partition coefficient (Wildman–Crippen LogP) is 1.98. The van der Waals surface area contributed by atoms with Gasteiger partial charge in [0.15, 0.2) is 0 Å². The number of hydrogen-bond acceptors (Lipinski definition) is 5. The van der Waals surface area contributed by atoms with Gasteiger partial charge in [-0.1, -0.05) is 31.0 Å². The van der Waals surface area contributed by atoms with E-state index in [9.17, 15) is 13.2 Å². The van der Waals surface area contributed by atoms with Crippen LogP contribution in [-0.4, -0.2) is 48.2 Å². The third-order valence-electron chi connectivity index (χ3n) is 4.36. The number of aromatic nitrogens is 2. The van der Waals surface area contributed by atoms with Gasteiger partial charge in [-0.3, -0.25) is 4.79 Å². The van der Waals surface area contributed by atoms with Crippen LogP contribution in [0, 0.1) is 0 Å². The molecule has 2 aromatic rings. The fraction of sp³-hybridized carbons (Fsp3) is 0.412. The Morgan fingerprint density at radius 3 is 2.68 bits per heavy atom. The first-order valence-electron chi connectivity index (χ1n) is 8.24. The van der Waals surface area contributed by atoms with Gasteiger partial charge in [0.05, 0.1) is 25.2 Å². The van der Waals surface area contributed by atoms with Gasteiger partial charge in [0.1, 0.15) is 10.9 Å². The summed E-state index contributed by atoms with van der Waals surface area (Å²) in [4.78, 5) is 12.2. The van der Waals surface area contributed by atoms with E-state index in [0.29, 0.717) is 13.0 Å². The molecule has 1 atom stereocenters. The highest BCUT2D eigenvalue weighted by molar-refractivity contribution is 7.89. The van der Waals surface area contributed by atoms with Gasteiger partial charge in [-0.2, -0.15) is 9.40 Å². The smallest absolute Gasteiger partial charge is 0.324 e. The summed E-state index contributed by atoms with van der Waals surface area (Å²) in [5.41, 5.74) is 0.768. The lowest BCUT2D eigenvalue weighted by atomic mass is 10.1. The van der Waals surface area contributed by atoms with Crippen molar-refractivity contribution in [3.05, 3.63) is 42.7 Å². The summed E-state index contributed by atoms with van der Waals surface area (Å²) in [5.74, 6) is -0.513. The Balaban J connectivity index is 1.94. The minimum atomic E-state index is -3.83. The molecule has 3 rings (SSSR count). The standard InChI is InChI=1S/C17H21N3O4S/c1-24-17(21)16-10-6-3-7-11-20(16)25(22,23)15-12-18-19(13-15)14-8-4-2-5-9-14/h2,4-5,8-9,12-13,16H,3,6-7,10-11H2,1H3. The number of ether oxygens (including phenoxy) is 1. The maximum Gasteiger partial charge on any atom is 0.324 e. The van der Waals surface area contributed by atoms with Crippen molar-refractivity contribution < 1.29 is 17.9 Å². The zero-order chi connectivity index (χ0) is 17.9. The number of carbonyl (C=O) groups is 1. The number of nitrogens with zero attached hydrogens (tertiary/aromatic N) is 3. The zero-order valence-corrected chi connectivity index (χ0v) is 14.9. The van der Waals surface area contributed by atoms with Crippen LogP contribution in [0.15, 0.2) is 47.6 Å². The largest absolute Gasteiger partial charge is 0.468 e. The lowest BCUT2D eigenvalue weighted by Crippen LogP contribution is -2.45. The summed E-state index contributed by atoms with van der Waals surface area (Å²) in [6.07, 6.45) is 5.68. The van der Waals surface area contributed by atoms with E-state index >= 15 is 0 Å². The van der Waals surface area contributed by atoms with Crippen LogP contribution in [0.2, 0.25) is 0 Å². The zero-order valence-electron chi connectivity index (χ0n) is 14.0. The Hall–Kier alpha value is -2.19. The number of sulfonamides is 1. The molecule has 2 heterocycles. The van der Waals surface area contributed by atoms with Gasteiger partial charge < -0.3 is 4.74 Å². The molecule has 0 amide bonds. The second kappa shape index (κ2) is 7.37. The summed E-state index contributed by atoms with van der Waals surface area (Å²) in [7, 11) is -2.54. The Kier molecular flexibility index (Phi) is 5.19. The number of rotatable bonds is 4. The summed E-state index contributed by atoms with van der Waals surface area (Å²) < 4.78 is 33.7. The lowest BCUT2D eigenvalue weighted by molar-refractivity contribution is -0.145. The minimum Gasteiger partial charge on any atom is -0.468 e. The van der Waals surface area contributed by atoms with Crippen LogP contribution in [-0.2, 0) is 19.6 Å². The first-order valence-corrected chi connectivity index (χ1v) is 9.68. The molecule has 0 radical (unpaired) electrons. The monoisotopic (exact) mass is 363 g/mol. The summed E-state index contributed by atoms with van der Waals surface area (Å²) >= 11 is 0. The molecule has 1 aromatic heterocycles. The van der Waals surface area contributed by atoms with E-state index in [1.54, 1.807) is 0 Å². The molecule has 1 aliphatic heterocycles. The second-order valence-corrected chi connectivity index (χ2v) is 7.85. The fourth-order valence-electron chi connectivity index (χ4n) is 3.04. The number of carbonyl (C=O) groups excluding carboxylic acids is 1. The SMILES string of the molecule is COC(=O)C1CCCCCN1S(=O)(=O)c1cnn(-c2ccccc2)c1. The van der Waals surface area contributed by atoms with Crippen molar-refractivity contribution in [1.82, 2.24) is 14.1 Å². The van der Waals surface area contributed by atoms with Crippen molar-refractivity contribution in [2.45, 2.75) is 36.6 Å². The highest BCUT2D eigenvalue weighted by Crippen LogP contribution is 2.25. The van der Waals surface area contributed by atoms with Crippen molar-refractivity contribution in [3.8, 4) is 5.69 Å². The Labute approximate surface area is 147 Å². The first-order chi connectivity index (χ1) is 12.0. The van der Waals surface area contributed by atoms with Crippen LogP contribution in [0.3, 0.4) is 0 Å². The molecule has 0 saturated carbocycles. The quantitative estimate of drug-likeness (QED) is 0.776. The third-order valence-corrected chi connectivity index (χ3v) is 6.22. The van der Waals surface area contributed by atoms with E-state index < -0.39 is 22.0 Å². The lowest BCUT2D eigenvalue weighted by Gasteiger charge is -2.26. The van der Waals surface area contributed by atoms with Gasteiger partial charge in [0.25, 0.3) is 0 Å². The summed E-state index contributed by atoms with van der Waals surface area (Å²) in [6.45, 7) is 0.304. The van der Waals surface area contributed by atoms with Crippen LogP contribution < -0.4 is 0 Å². The van der Waals surface area contributed by atoms with Gasteiger partial charge in [-0.25, -0.2) is 13.1 Å². The van der Waals surface area contributed by atoms with Crippen molar-refractivity contribution >= 4 is 16.0 Å². The summed E-state index contributed by atoms with van der Waals surface area (Å²) in [6, 6.07) is 8.49. The van der Waals surface area contributed by atoms with Gasteiger partial charge in [-0.05, 0) is 25.0 Å².